The zero-order valence-electron chi connectivity index (χ0n) is 8.38. The van der Waals surface area contributed by atoms with Crippen molar-refractivity contribution in [2.24, 2.45) is 11.1 Å². The summed E-state index contributed by atoms with van der Waals surface area (Å²) in [6.07, 6.45) is 0.885. The molecule has 1 rings (SSSR count). The van der Waals surface area contributed by atoms with E-state index in [1.807, 2.05) is 12.1 Å². The summed E-state index contributed by atoms with van der Waals surface area (Å²) in [6, 6.07) is 8.24. The first kappa shape index (κ1) is 11.7. The first-order valence-corrected chi connectivity index (χ1v) is 5.66. The predicted molar refractivity (Wildman–Crippen MR) is 68.4 cm³/mol. The Morgan fingerprint density at radius 2 is 1.86 bits per heavy atom. The van der Waals surface area contributed by atoms with Gasteiger partial charge in [0.25, 0.3) is 0 Å². The molecule has 0 saturated heterocycles. The normalized spacial score (nSPS) is 11.4. The van der Waals surface area contributed by atoms with Crippen LogP contribution in [0.25, 0.3) is 0 Å². The minimum atomic E-state index is -0.108. The van der Waals surface area contributed by atoms with E-state index in [1.54, 1.807) is 0 Å². The molecule has 0 amide bonds. The number of thiocarbonyl (C=S) groups is 1. The van der Waals surface area contributed by atoms with Gasteiger partial charge >= 0.3 is 0 Å². The second-order valence-corrected chi connectivity index (χ2v) is 5.41. The number of hydrogen-bond donors (Lipinski definition) is 1. The Balaban J connectivity index is 2.79. The summed E-state index contributed by atoms with van der Waals surface area (Å²) < 4.78 is 1.09. The molecule has 0 aromatic heterocycles. The van der Waals surface area contributed by atoms with Gasteiger partial charge in [0.05, 0.1) is 4.99 Å². The fraction of sp³-hybridized carbons (Fsp3) is 0.364. The third kappa shape index (κ3) is 3.07. The molecule has 0 aliphatic carbocycles. The maximum Gasteiger partial charge on any atom is 0.0787 e. The van der Waals surface area contributed by atoms with Crippen molar-refractivity contribution >= 4 is 33.1 Å². The molecule has 0 saturated carbocycles. The first-order valence-electron chi connectivity index (χ1n) is 4.46. The van der Waals surface area contributed by atoms with E-state index in [2.05, 4.69) is 41.9 Å². The predicted octanol–water partition coefficient (Wildman–Crippen LogP) is 3.30. The van der Waals surface area contributed by atoms with Gasteiger partial charge in [-0.2, -0.15) is 0 Å². The lowest BCUT2D eigenvalue weighted by atomic mass is 9.86. The molecular formula is C11H14BrNS. The molecular weight excluding hydrogens is 258 g/mol. The van der Waals surface area contributed by atoms with Gasteiger partial charge < -0.3 is 5.73 Å². The summed E-state index contributed by atoms with van der Waals surface area (Å²) >= 11 is 8.43. The monoisotopic (exact) mass is 271 g/mol. The fourth-order valence-corrected chi connectivity index (χ4v) is 1.54. The van der Waals surface area contributed by atoms with Crippen LogP contribution in [0.3, 0.4) is 0 Å². The molecule has 0 bridgehead atoms. The summed E-state index contributed by atoms with van der Waals surface area (Å²) in [4.78, 5) is 0.570. The van der Waals surface area contributed by atoms with Gasteiger partial charge in [-0.3, -0.25) is 0 Å². The summed E-state index contributed by atoms with van der Waals surface area (Å²) in [6.45, 7) is 4.13. The Labute approximate surface area is 98.8 Å². The van der Waals surface area contributed by atoms with Crippen LogP contribution in [0.4, 0.5) is 0 Å². The summed E-state index contributed by atoms with van der Waals surface area (Å²) in [7, 11) is 0. The van der Waals surface area contributed by atoms with Crippen molar-refractivity contribution in [3.63, 3.8) is 0 Å². The largest absolute Gasteiger partial charge is 0.393 e. The highest BCUT2D eigenvalue weighted by Crippen LogP contribution is 2.23. The van der Waals surface area contributed by atoms with E-state index in [0.29, 0.717) is 4.99 Å². The molecule has 1 nitrogen and oxygen atoms in total. The molecule has 2 N–H and O–H groups in total. The highest BCUT2D eigenvalue weighted by Gasteiger charge is 2.21. The van der Waals surface area contributed by atoms with Crippen molar-refractivity contribution in [2.75, 3.05) is 0 Å². The third-order valence-electron chi connectivity index (χ3n) is 2.23. The van der Waals surface area contributed by atoms with Gasteiger partial charge in [0, 0.05) is 9.89 Å². The number of halogens is 1. The van der Waals surface area contributed by atoms with Crippen LogP contribution in [0.2, 0.25) is 0 Å². The molecule has 0 aliphatic heterocycles. The van der Waals surface area contributed by atoms with Crippen molar-refractivity contribution in [1.29, 1.82) is 0 Å². The van der Waals surface area contributed by atoms with E-state index < -0.39 is 0 Å². The van der Waals surface area contributed by atoms with E-state index in [9.17, 15) is 0 Å². The lowest BCUT2D eigenvalue weighted by Gasteiger charge is -2.22. The van der Waals surface area contributed by atoms with Crippen LogP contribution < -0.4 is 5.73 Å². The molecule has 14 heavy (non-hydrogen) atoms. The maximum atomic E-state index is 5.67. The van der Waals surface area contributed by atoms with Crippen molar-refractivity contribution in [2.45, 2.75) is 20.3 Å². The molecule has 3 heteroatoms. The fourth-order valence-electron chi connectivity index (χ4n) is 1.20. The summed E-state index contributed by atoms with van der Waals surface area (Å²) in [5.74, 6) is 0. The number of nitrogens with two attached hydrogens (primary N) is 1. The average molecular weight is 272 g/mol. The Morgan fingerprint density at radius 1 is 1.36 bits per heavy atom. The summed E-state index contributed by atoms with van der Waals surface area (Å²) in [5.41, 5.74) is 6.82. The molecule has 76 valence electrons. The van der Waals surface area contributed by atoms with Crippen LogP contribution in [0.15, 0.2) is 28.7 Å². The second kappa shape index (κ2) is 4.41. The molecule has 0 radical (unpaired) electrons. The molecule has 0 atom stereocenters. The molecule has 0 unspecified atom stereocenters. The smallest absolute Gasteiger partial charge is 0.0787 e. The van der Waals surface area contributed by atoms with E-state index in [0.717, 1.165) is 10.9 Å². The second-order valence-electron chi connectivity index (χ2n) is 4.05. The number of benzene rings is 1. The van der Waals surface area contributed by atoms with Gasteiger partial charge in [0.1, 0.15) is 0 Å². The Bertz CT molecular complexity index is 330. The van der Waals surface area contributed by atoms with Crippen molar-refractivity contribution < 1.29 is 0 Å². The zero-order valence-corrected chi connectivity index (χ0v) is 10.8. The average Bonchev–Trinajstić information content (AvgIpc) is 2.08. The van der Waals surface area contributed by atoms with E-state index >= 15 is 0 Å². The molecule has 1 aromatic rings. The van der Waals surface area contributed by atoms with Crippen molar-refractivity contribution in [1.82, 2.24) is 0 Å². The van der Waals surface area contributed by atoms with Gasteiger partial charge in [-0.05, 0) is 24.1 Å². The van der Waals surface area contributed by atoms with Crippen LogP contribution in [0, 0.1) is 5.41 Å². The van der Waals surface area contributed by atoms with Gasteiger partial charge in [0.2, 0.25) is 0 Å². The van der Waals surface area contributed by atoms with E-state index in [4.69, 9.17) is 18.0 Å². The van der Waals surface area contributed by atoms with E-state index in [-0.39, 0.29) is 5.41 Å². The minimum Gasteiger partial charge on any atom is -0.393 e. The van der Waals surface area contributed by atoms with Crippen LogP contribution in [-0.2, 0) is 6.42 Å². The SMILES string of the molecule is CC(C)(Cc1ccc(Br)cc1)C(N)=S. The van der Waals surface area contributed by atoms with Gasteiger partial charge in [0.15, 0.2) is 0 Å². The van der Waals surface area contributed by atoms with Gasteiger partial charge in [-0.25, -0.2) is 0 Å². The topological polar surface area (TPSA) is 26.0 Å². The molecule has 0 fully saturated rings. The highest BCUT2D eigenvalue weighted by molar-refractivity contribution is 9.10. The molecule has 0 spiro atoms. The quantitative estimate of drug-likeness (QED) is 0.854. The van der Waals surface area contributed by atoms with Crippen LogP contribution >= 0.6 is 28.1 Å². The maximum absolute atomic E-state index is 5.67. The van der Waals surface area contributed by atoms with Gasteiger partial charge in [-0.1, -0.05) is 54.1 Å². The van der Waals surface area contributed by atoms with Gasteiger partial charge in [-0.15, -0.1) is 0 Å². The Morgan fingerprint density at radius 3 is 2.29 bits per heavy atom. The Hall–Kier alpha value is -0.410. The molecule has 1 aromatic carbocycles. The number of rotatable bonds is 3. The Kier molecular flexibility index (Phi) is 3.67. The highest BCUT2D eigenvalue weighted by atomic mass is 79.9. The summed E-state index contributed by atoms with van der Waals surface area (Å²) in [5, 5.41) is 0. The first-order chi connectivity index (χ1) is 6.42. The van der Waals surface area contributed by atoms with Crippen molar-refractivity contribution in [3.8, 4) is 0 Å². The van der Waals surface area contributed by atoms with E-state index in [1.165, 1.54) is 5.56 Å². The number of hydrogen-bond acceptors (Lipinski definition) is 1. The minimum absolute atomic E-state index is 0.108. The molecule has 0 aliphatic rings. The zero-order chi connectivity index (χ0) is 10.8. The van der Waals surface area contributed by atoms with Crippen LogP contribution in [0.5, 0.6) is 0 Å². The lowest BCUT2D eigenvalue weighted by molar-refractivity contribution is 0.523. The standard InChI is InChI=1S/C11H14BrNS/c1-11(2,10(13)14)7-8-3-5-9(12)6-4-8/h3-6H,7H2,1-2H3,(H2,13,14). The lowest BCUT2D eigenvalue weighted by Crippen LogP contribution is -2.31. The van der Waals surface area contributed by atoms with Crippen molar-refractivity contribution in [3.05, 3.63) is 34.3 Å². The van der Waals surface area contributed by atoms with Crippen LogP contribution in [0.1, 0.15) is 19.4 Å². The van der Waals surface area contributed by atoms with Crippen LogP contribution in [-0.4, -0.2) is 4.99 Å². The molecule has 0 heterocycles. The third-order valence-corrected chi connectivity index (χ3v) is 3.31.